The number of carbonyl (C=O) groups excluding carboxylic acids is 7. The lowest BCUT2D eigenvalue weighted by Gasteiger charge is -2.49. The second-order valence-electron chi connectivity index (χ2n) is 13.7. The Labute approximate surface area is 339 Å². The van der Waals surface area contributed by atoms with Crippen LogP contribution in [0.4, 0.5) is 10.1 Å². The predicted molar refractivity (Wildman–Crippen MR) is 205 cm³/mol. The van der Waals surface area contributed by atoms with E-state index < -0.39 is 84.8 Å². The van der Waals surface area contributed by atoms with E-state index in [-0.39, 0.29) is 24.7 Å². The maximum atomic E-state index is 13.9. The molecule has 59 heavy (non-hydrogen) atoms. The number of benzene rings is 3. The van der Waals surface area contributed by atoms with Crippen molar-refractivity contribution in [3.63, 3.8) is 0 Å². The zero-order valence-electron chi connectivity index (χ0n) is 33.4. The fourth-order valence-electron chi connectivity index (χ4n) is 6.68. The Hall–Kier alpha value is -6.36. The fraction of sp³-hybridized carbons (Fsp3) is 0.405. The largest absolute Gasteiger partial charge is 0.497 e. The average Bonchev–Trinajstić information content (AvgIpc) is 3.17. The second kappa shape index (κ2) is 20.9. The third-order valence-electron chi connectivity index (χ3n) is 9.22. The van der Waals surface area contributed by atoms with Gasteiger partial charge in [-0.3, -0.25) is 33.6 Å². The summed E-state index contributed by atoms with van der Waals surface area (Å²) in [5.41, 5.74) is 2.42. The van der Waals surface area contributed by atoms with Gasteiger partial charge in [0.1, 0.15) is 18.2 Å². The van der Waals surface area contributed by atoms with Gasteiger partial charge in [0, 0.05) is 46.9 Å². The van der Waals surface area contributed by atoms with E-state index in [1.54, 1.807) is 60.7 Å². The number of amides is 2. The van der Waals surface area contributed by atoms with Crippen molar-refractivity contribution >= 4 is 47.3 Å². The highest BCUT2D eigenvalue weighted by molar-refractivity contribution is 6.03. The Balaban J connectivity index is 1.61. The summed E-state index contributed by atoms with van der Waals surface area (Å²) in [6.07, 6.45) is -7.76. The number of halogens is 1. The molecule has 7 unspecified atom stereocenters. The molecular weight excluding hydrogens is 775 g/mol. The Morgan fingerprint density at radius 1 is 0.763 bits per heavy atom. The van der Waals surface area contributed by atoms with Crippen LogP contribution in [0.2, 0.25) is 0 Å². The molecule has 7 atom stereocenters. The summed E-state index contributed by atoms with van der Waals surface area (Å²) in [6, 6.07) is 19.0. The highest BCUT2D eigenvalue weighted by atomic mass is 19.1. The molecule has 16 nitrogen and oxygen atoms in total. The molecule has 0 saturated carbocycles. The van der Waals surface area contributed by atoms with Crippen molar-refractivity contribution in [3.8, 4) is 5.75 Å². The zero-order valence-corrected chi connectivity index (χ0v) is 33.4. The number of aliphatic hydroxyl groups excluding tert-OH is 1. The molecular formula is C42H47FN2O14. The molecule has 1 saturated heterocycles. The Bertz CT molecular complexity index is 1990. The molecule has 0 spiro atoms. The maximum absolute atomic E-state index is 13.9. The van der Waals surface area contributed by atoms with Crippen molar-refractivity contribution in [2.45, 2.75) is 90.6 Å². The molecule has 1 aliphatic rings. The lowest BCUT2D eigenvalue weighted by atomic mass is 9.76. The smallest absolute Gasteiger partial charge is 0.303 e. The number of anilines is 1. The SMILES string of the molecule is COc1ccc(C2C(C(O)CCc3ccc(F)cc3)C(=O)N2c2cccc(CNC(=O)C(OC(C)=O)C(OC(C)=O)C(OC(C)=O)C(COC(C)=O)OC(C)=O)c2)cc1. The van der Waals surface area contributed by atoms with E-state index in [1.165, 1.54) is 24.1 Å². The highest BCUT2D eigenvalue weighted by Crippen LogP contribution is 2.46. The third-order valence-corrected chi connectivity index (χ3v) is 9.22. The Kier molecular flexibility index (Phi) is 16.0. The van der Waals surface area contributed by atoms with Gasteiger partial charge in [-0.2, -0.15) is 0 Å². The first-order valence-corrected chi connectivity index (χ1v) is 18.6. The minimum atomic E-state index is -1.99. The molecule has 0 aromatic heterocycles. The predicted octanol–water partition coefficient (Wildman–Crippen LogP) is 3.44. The number of aryl methyl sites for hydroxylation is 1. The zero-order chi connectivity index (χ0) is 43.4. The number of esters is 5. The first-order chi connectivity index (χ1) is 28.0. The van der Waals surface area contributed by atoms with Crippen molar-refractivity contribution in [2.75, 3.05) is 18.6 Å². The van der Waals surface area contributed by atoms with Crippen LogP contribution < -0.4 is 15.0 Å². The van der Waals surface area contributed by atoms with Gasteiger partial charge in [0.05, 0.1) is 25.2 Å². The summed E-state index contributed by atoms with van der Waals surface area (Å²) < 4.78 is 45.0. The third kappa shape index (κ3) is 12.6. The van der Waals surface area contributed by atoms with E-state index >= 15 is 0 Å². The first kappa shape index (κ1) is 45.3. The summed E-state index contributed by atoms with van der Waals surface area (Å²) in [6.45, 7) is 4.11. The van der Waals surface area contributed by atoms with E-state index in [2.05, 4.69) is 5.32 Å². The summed E-state index contributed by atoms with van der Waals surface area (Å²) in [5.74, 6) is -6.67. The number of hydrogen-bond acceptors (Lipinski definition) is 14. The van der Waals surface area contributed by atoms with Gasteiger partial charge in [-0.25, -0.2) is 4.39 Å². The maximum Gasteiger partial charge on any atom is 0.303 e. The minimum absolute atomic E-state index is 0.227. The van der Waals surface area contributed by atoms with Gasteiger partial charge in [-0.05, 0) is 65.9 Å². The number of carbonyl (C=O) groups is 7. The molecule has 3 aromatic rings. The number of aliphatic hydroxyl groups is 1. The molecule has 1 aliphatic heterocycles. The molecule has 0 aliphatic carbocycles. The highest BCUT2D eigenvalue weighted by Gasteiger charge is 2.52. The Morgan fingerprint density at radius 2 is 1.37 bits per heavy atom. The monoisotopic (exact) mass is 822 g/mol. The lowest BCUT2D eigenvalue weighted by Crippen LogP contribution is -2.59. The van der Waals surface area contributed by atoms with E-state index in [9.17, 15) is 43.1 Å². The molecule has 2 amide bonds. The van der Waals surface area contributed by atoms with Crippen molar-refractivity contribution in [1.29, 1.82) is 0 Å². The van der Waals surface area contributed by atoms with Gasteiger partial charge in [0.2, 0.25) is 12.0 Å². The summed E-state index contributed by atoms with van der Waals surface area (Å²) in [7, 11) is 1.52. The van der Waals surface area contributed by atoms with E-state index in [0.29, 0.717) is 23.4 Å². The average molecular weight is 823 g/mol. The van der Waals surface area contributed by atoms with Gasteiger partial charge >= 0.3 is 29.8 Å². The molecule has 1 heterocycles. The van der Waals surface area contributed by atoms with Crippen LogP contribution in [0, 0.1) is 11.7 Å². The lowest BCUT2D eigenvalue weighted by molar-refractivity contribution is -0.203. The summed E-state index contributed by atoms with van der Waals surface area (Å²) in [5, 5.41) is 14.0. The van der Waals surface area contributed by atoms with Crippen LogP contribution in [-0.4, -0.2) is 91.0 Å². The number of ether oxygens (including phenoxy) is 6. The van der Waals surface area contributed by atoms with Crippen LogP contribution >= 0.6 is 0 Å². The van der Waals surface area contributed by atoms with Gasteiger partial charge in [0.25, 0.3) is 5.91 Å². The van der Waals surface area contributed by atoms with Gasteiger partial charge < -0.3 is 43.7 Å². The van der Waals surface area contributed by atoms with Crippen LogP contribution in [0.5, 0.6) is 5.75 Å². The molecule has 17 heteroatoms. The van der Waals surface area contributed by atoms with Gasteiger partial charge in [-0.15, -0.1) is 0 Å². The molecule has 2 N–H and O–H groups in total. The molecule has 0 bridgehead atoms. The summed E-state index contributed by atoms with van der Waals surface area (Å²) in [4.78, 5) is 89.9. The normalized spacial score (nSPS) is 17.2. The second-order valence-corrected chi connectivity index (χ2v) is 13.7. The number of β-lactam (4-membered cyclic amide) rings is 1. The van der Waals surface area contributed by atoms with Crippen molar-refractivity contribution in [3.05, 3.63) is 95.3 Å². The van der Waals surface area contributed by atoms with Gasteiger partial charge in [0.15, 0.2) is 18.3 Å². The number of nitrogens with zero attached hydrogens (tertiary/aromatic N) is 1. The standard InChI is InChI=1S/C42H47FN2O14/c1-23(46)55-22-35(56-24(2)47)38(57-25(3)48)39(58-26(4)49)40(59-27(5)50)41(52)44-21-29-8-7-9-32(20-29)45-37(30-13-17-33(54-6)18-14-30)36(42(45)53)34(51)19-12-28-10-15-31(43)16-11-28/h7-11,13-18,20,34-40,51H,12,19,21-22H2,1-6H3,(H,44,52). The number of methoxy groups -OCH3 is 1. The van der Waals surface area contributed by atoms with E-state index in [4.69, 9.17) is 28.4 Å². The number of rotatable bonds is 19. The van der Waals surface area contributed by atoms with E-state index in [1.807, 2.05) is 0 Å². The molecule has 0 radical (unpaired) electrons. The quantitative estimate of drug-likeness (QED) is 0.101. The number of nitrogens with one attached hydrogen (secondary N) is 1. The van der Waals surface area contributed by atoms with Crippen LogP contribution in [0.15, 0.2) is 72.8 Å². The Morgan fingerprint density at radius 3 is 1.95 bits per heavy atom. The molecule has 316 valence electrons. The van der Waals surface area contributed by atoms with E-state index in [0.717, 1.165) is 45.7 Å². The van der Waals surface area contributed by atoms with Crippen LogP contribution in [0.3, 0.4) is 0 Å². The van der Waals surface area contributed by atoms with Crippen molar-refractivity contribution < 1.29 is 71.5 Å². The molecule has 1 fully saturated rings. The number of hydrogen-bond donors (Lipinski definition) is 2. The van der Waals surface area contributed by atoms with Crippen molar-refractivity contribution in [1.82, 2.24) is 5.32 Å². The molecule has 3 aromatic carbocycles. The van der Waals surface area contributed by atoms with Crippen LogP contribution in [0.1, 0.15) is 63.8 Å². The first-order valence-electron chi connectivity index (χ1n) is 18.6. The van der Waals surface area contributed by atoms with Crippen LogP contribution in [-0.2, 0) is 70.2 Å². The van der Waals surface area contributed by atoms with Crippen LogP contribution in [0.25, 0.3) is 0 Å². The summed E-state index contributed by atoms with van der Waals surface area (Å²) >= 11 is 0. The molecule has 4 rings (SSSR count). The fourth-order valence-corrected chi connectivity index (χ4v) is 6.68. The minimum Gasteiger partial charge on any atom is -0.497 e. The topological polar surface area (TPSA) is 210 Å². The van der Waals surface area contributed by atoms with Crippen molar-refractivity contribution in [2.24, 2.45) is 5.92 Å². The van der Waals surface area contributed by atoms with Gasteiger partial charge in [-0.1, -0.05) is 36.4 Å².